The number of ketones is 1. The van der Waals surface area contributed by atoms with Gasteiger partial charge in [-0.05, 0) is 5.56 Å². The lowest BCUT2D eigenvalue weighted by Gasteiger charge is -2.16. The highest BCUT2D eigenvalue weighted by atomic mass is 35.5. The van der Waals surface area contributed by atoms with Gasteiger partial charge in [-0.2, -0.15) is 0 Å². The highest BCUT2D eigenvalue weighted by Crippen LogP contribution is 2.21. The molecule has 14 heavy (non-hydrogen) atoms. The van der Waals surface area contributed by atoms with Crippen LogP contribution in [0.15, 0.2) is 24.3 Å². The third-order valence-electron chi connectivity index (χ3n) is 2.05. The molecule has 0 saturated carbocycles. The summed E-state index contributed by atoms with van der Waals surface area (Å²) >= 11 is 5.66. The zero-order valence-corrected chi connectivity index (χ0v) is 9.56. The third-order valence-corrected chi connectivity index (χ3v) is 2.36. The molecule has 0 aromatic heterocycles. The molecular formula is C12H15ClO. The van der Waals surface area contributed by atoms with Gasteiger partial charge in [0.2, 0.25) is 0 Å². The summed E-state index contributed by atoms with van der Waals surface area (Å²) in [6.07, 6.45) is 0. The van der Waals surface area contributed by atoms with Crippen LogP contribution in [0.5, 0.6) is 0 Å². The van der Waals surface area contributed by atoms with E-state index < -0.39 is 0 Å². The van der Waals surface area contributed by atoms with E-state index in [0.29, 0.717) is 5.88 Å². The number of carbonyl (C=O) groups is 1. The molecule has 0 bridgehead atoms. The molecule has 1 nitrogen and oxygen atoms in total. The number of carbonyl (C=O) groups excluding carboxylic acids is 1. The first-order valence-electron chi connectivity index (χ1n) is 4.65. The number of hydrogen-bond donors (Lipinski definition) is 0. The maximum atomic E-state index is 11.8. The summed E-state index contributed by atoms with van der Waals surface area (Å²) in [5, 5.41) is 0. The molecule has 1 aromatic carbocycles. The Morgan fingerprint density at radius 2 is 1.71 bits per heavy atom. The van der Waals surface area contributed by atoms with Gasteiger partial charge in [-0.1, -0.05) is 45.0 Å². The van der Waals surface area contributed by atoms with E-state index in [1.54, 1.807) is 0 Å². The molecule has 0 unspecified atom stereocenters. The minimum absolute atomic E-state index is 0.165. The molecule has 0 radical (unpaired) electrons. The molecule has 1 rings (SSSR count). The van der Waals surface area contributed by atoms with E-state index in [9.17, 15) is 4.79 Å². The van der Waals surface area contributed by atoms with Crippen LogP contribution in [0, 0.1) is 5.41 Å². The van der Waals surface area contributed by atoms with Crippen LogP contribution in [0.25, 0.3) is 0 Å². The summed E-state index contributed by atoms with van der Waals surface area (Å²) in [5.41, 5.74) is 1.48. The van der Waals surface area contributed by atoms with E-state index in [2.05, 4.69) is 0 Å². The van der Waals surface area contributed by atoms with Crippen molar-refractivity contribution in [3.8, 4) is 0 Å². The summed E-state index contributed by atoms with van der Waals surface area (Å²) in [4.78, 5) is 11.8. The molecule has 2 heteroatoms. The number of Topliss-reactive ketones (excluding diaryl/α,β-unsaturated/α-hetero) is 1. The van der Waals surface area contributed by atoms with Crippen LogP contribution in [-0.4, -0.2) is 5.78 Å². The first kappa shape index (κ1) is 11.3. The number of hydrogen-bond acceptors (Lipinski definition) is 1. The Hall–Kier alpha value is -0.820. The van der Waals surface area contributed by atoms with E-state index in [0.717, 1.165) is 11.1 Å². The van der Waals surface area contributed by atoms with Gasteiger partial charge in [0, 0.05) is 16.9 Å². The molecular weight excluding hydrogens is 196 g/mol. The minimum Gasteiger partial charge on any atom is -0.294 e. The Morgan fingerprint density at radius 3 is 2.07 bits per heavy atom. The molecule has 0 aliphatic carbocycles. The number of rotatable bonds is 2. The second-order valence-corrected chi connectivity index (χ2v) is 4.68. The summed E-state index contributed by atoms with van der Waals surface area (Å²) in [7, 11) is 0. The summed E-state index contributed by atoms with van der Waals surface area (Å²) in [5.74, 6) is 0.655. The van der Waals surface area contributed by atoms with E-state index in [1.165, 1.54) is 0 Å². The third kappa shape index (κ3) is 2.58. The Balaban J connectivity index is 2.93. The second-order valence-electron chi connectivity index (χ2n) is 4.41. The molecule has 0 aliphatic rings. The van der Waals surface area contributed by atoms with E-state index in [1.807, 2.05) is 45.0 Å². The van der Waals surface area contributed by atoms with E-state index in [-0.39, 0.29) is 11.2 Å². The SMILES string of the molecule is CC(C)(C)C(=O)c1ccc(CCl)cc1. The van der Waals surface area contributed by atoms with Gasteiger partial charge in [-0.15, -0.1) is 11.6 Å². The van der Waals surface area contributed by atoms with Crippen LogP contribution in [0.1, 0.15) is 36.7 Å². The zero-order chi connectivity index (χ0) is 10.8. The standard InChI is InChI=1S/C12H15ClO/c1-12(2,3)11(14)10-6-4-9(8-13)5-7-10/h4-7H,8H2,1-3H3. The van der Waals surface area contributed by atoms with Gasteiger partial charge in [-0.25, -0.2) is 0 Å². The van der Waals surface area contributed by atoms with Crippen LogP contribution >= 0.6 is 11.6 Å². The quantitative estimate of drug-likeness (QED) is 0.538. The predicted molar refractivity (Wildman–Crippen MR) is 59.8 cm³/mol. The Bertz CT molecular complexity index is 319. The molecule has 0 heterocycles. The Morgan fingerprint density at radius 1 is 1.21 bits per heavy atom. The predicted octanol–water partition coefficient (Wildman–Crippen LogP) is 3.65. The number of halogens is 1. The summed E-state index contributed by atoms with van der Waals surface area (Å²) < 4.78 is 0. The zero-order valence-electron chi connectivity index (χ0n) is 8.80. The second kappa shape index (κ2) is 4.14. The lowest BCUT2D eigenvalue weighted by atomic mass is 9.86. The molecule has 0 fully saturated rings. The molecule has 0 aliphatic heterocycles. The smallest absolute Gasteiger partial charge is 0.168 e. The fraction of sp³-hybridized carbons (Fsp3) is 0.417. The van der Waals surface area contributed by atoms with Crippen molar-refractivity contribution < 1.29 is 4.79 Å². The van der Waals surface area contributed by atoms with Crippen LogP contribution < -0.4 is 0 Å². The lowest BCUT2D eigenvalue weighted by molar-refractivity contribution is 0.0858. The number of alkyl halides is 1. The first-order valence-corrected chi connectivity index (χ1v) is 5.18. The van der Waals surface area contributed by atoms with Crippen LogP contribution in [0.3, 0.4) is 0 Å². The summed E-state index contributed by atoms with van der Waals surface area (Å²) in [6, 6.07) is 7.47. The van der Waals surface area contributed by atoms with Gasteiger partial charge in [0.15, 0.2) is 5.78 Å². The molecule has 0 N–H and O–H groups in total. The normalized spacial score (nSPS) is 11.4. The average molecular weight is 211 g/mol. The Labute approximate surface area is 90.1 Å². The van der Waals surface area contributed by atoms with Crippen molar-refractivity contribution in [2.24, 2.45) is 5.41 Å². The van der Waals surface area contributed by atoms with Crippen LogP contribution in [-0.2, 0) is 5.88 Å². The molecule has 0 saturated heterocycles. The van der Waals surface area contributed by atoms with E-state index >= 15 is 0 Å². The fourth-order valence-corrected chi connectivity index (χ4v) is 1.36. The maximum absolute atomic E-state index is 11.8. The van der Waals surface area contributed by atoms with Crippen molar-refractivity contribution in [1.29, 1.82) is 0 Å². The van der Waals surface area contributed by atoms with Gasteiger partial charge in [0.1, 0.15) is 0 Å². The molecule has 0 spiro atoms. The molecule has 0 amide bonds. The Kier molecular flexibility index (Phi) is 3.33. The van der Waals surface area contributed by atoms with Gasteiger partial charge >= 0.3 is 0 Å². The summed E-state index contributed by atoms with van der Waals surface area (Å²) in [6.45, 7) is 5.76. The lowest BCUT2D eigenvalue weighted by Crippen LogP contribution is -2.19. The minimum atomic E-state index is -0.317. The van der Waals surface area contributed by atoms with Gasteiger partial charge in [0.25, 0.3) is 0 Å². The monoisotopic (exact) mass is 210 g/mol. The van der Waals surface area contributed by atoms with Crippen molar-refractivity contribution >= 4 is 17.4 Å². The van der Waals surface area contributed by atoms with Crippen molar-refractivity contribution in [3.63, 3.8) is 0 Å². The van der Waals surface area contributed by atoms with Crippen LogP contribution in [0.2, 0.25) is 0 Å². The highest BCUT2D eigenvalue weighted by molar-refractivity contribution is 6.17. The molecule has 1 aromatic rings. The van der Waals surface area contributed by atoms with E-state index in [4.69, 9.17) is 11.6 Å². The molecule has 0 atom stereocenters. The molecule has 76 valence electrons. The maximum Gasteiger partial charge on any atom is 0.168 e. The topological polar surface area (TPSA) is 17.1 Å². The van der Waals surface area contributed by atoms with Gasteiger partial charge in [-0.3, -0.25) is 4.79 Å². The first-order chi connectivity index (χ1) is 6.45. The average Bonchev–Trinajstić information content (AvgIpc) is 2.15. The fourth-order valence-electron chi connectivity index (χ4n) is 1.18. The van der Waals surface area contributed by atoms with Crippen molar-refractivity contribution in [2.75, 3.05) is 0 Å². The largest absolute Gasteiger partial charge is 0.294 e. The van der Waals surface area contributed by atoms with Crippen LogP contribution in [0.4, 0.5) is 0 Å². The highest BCUT2D eigenvalue weighted by Gasteiger charge is 2.22. The van der Waals surface area contributed by atoms with Gasteiger partial charge in [0.05, 0.1) is 0 Å². The number of benzene rings is 1. The van der Waals surface area contributed by atoms with Crippen molar-refractivity contribution in [3.05, 3.63) is 35.4 Å². The van der Waals surface area contributed by atoms with Crippen molar-refractivity contribution in [1.82, 2.24) is 0 Å². The van der Waals surface area contributed by atoms with Gasteiger partial charge < -0.3 is 0 Å². The van der Waals surface area contributed by atoms with Crippen molar-refractivity contribution in [2.45, 2.75) is 26.7 Å².